The lowest BCUT2D eigenvalue weighted by atomic mass is 10.1. The van der Waals surface area contributed by atoms with Crippen LogP contribution in [0, 0.1) is 0 Å². The van der Waals surface area contributed by atoms with Gasteiger partial charge >= 0.3 is 0 Å². The number of benzene rings is 3. The van der Waals surface area contributed by atoms with Crippen molar-refractivity contribution in [3.05, 3.63) is 99.0 Å². The van der Waals surface area contributed by atoms with Crippen LogP contribution in [0.5, 0.6) is 5.75 Å². The Balaban J connectivity index is 1.32. The third-order valence-corrected chi connectivity index (χ3v) is 6.30. The van der Waals surface area contributed by atoms with Gasteiger partial charge in [0.2, 0.25) is 0 Å². The molecule has 1 heterocycles. The van der Waals surface area contributed by atoms with Crippen LogP contribution in [0.3, 0.4) is 0 Å². The molecule has 1 amide bonds. The number of carbonyl (C=O) groups is 1. The van der Waals surface area contributed by atoms with Gasteiger partial charge in [-0.2, -0.15) is 0 Å². The summed E-state index contributed by atoms with van der Waals surface area (Å²) in [6.45, 7) is 4.33. The first-order valence-electron chi connectivity index (χ1n) is 10.3. The van der Waals surface area contributed by atoms with E-state index >= 15 is 0 Å². The third kappa shape index (κ3) is 5.88. The second-order valence-corrected chi connectivity index (χ2v) is 8.93. The number of halogens is 2. The first kappa shape index (κ1) is 21.9. The molecule has 160 valence electrons. The number of rotatable bonds is 6. The van der Waals surface area contributed by atoms with Gasteiger partial charge in [-0.15, -0.1) is 0 Å². The van der Waals surface area contributed by atoms with Crippen molar-refractivity contribution in [1.29, 1.82) is 0 Å². The highest BCUT2D eigenvalue weighted by atomic mass is 79.9. The van der Waals surface area contributed by atoms with E-state index in [9.17, 15) is 4.79 Å². The quantitative estimate of drug-likeness (QED) is 0.440. The SMILES string of the molecule is O=C(c1cccc(COc2ccc(Br)cc2)c1)N1CCN(Cc2ccccc2Cl)CC1. The first-order chi connectivity index (χ1) is 15.1. The molecule has 4 nitrogen and oxygen atoms in total. The minimum absolute atomic E-state index is 0.0721. The number of piperazine rings is 1. The number of nitrogens with zero attached hydrogens (tertiary/aromatic N) is 2. The van der Waals surface area contributed by atoms with Crippen LogP contribution in [0.15, 0.2) is 77.3 Å². The van der Waals surface area contributed by atoms with Crippen LogP contribution in [-0.4, -0.2) is 41.9 Å². The summed E-state index contributed by atoms with van der Waals surface area (Å²) in [6.07, 6.45) is 0. The Morgan fingerprint density at radius 2 is 1.68 bits per heavy atom. The molecule has 3 aromatic rings. The molecular formula is C25H24BrClN2O2. The Bertz CT molecular complexity index is 1030. The highest BCUT2D eigenvalue weighted by Crippen LogP contribution is 2.20. The fourth-order valence-electron chi connectivity index (χ4n) is 3.65. The van der Waals surface area contributed by atoms with Crippen LogP contribution in [0.4, 0.5) is 0 Å². The van der Waals surface area contributed by atoms with Gasteiger partial charge in [-0.25, -0.2) is 0 Å². The van der Waals surface area contributed by atoms with Crippen molar-refractivity contribution < 1.29 is 9.53 Å². The first-order valence-corrected chi connectivity index (χ1v) is 11.5. The monoisotopic (exact) mass is 498 g/mol. The van der Waals surface area contributed by atoms with Crippen LogP contribution in [0.25, 0.3) is 0 Å². The average molecular weight is 500 g/mol. The van der Waals surface area contributed by atoms with Crippen molar-refractivity contribution in [3.8, 4) is 5.75 Å². The van der Waals surface area contributed by atoms with Gasteiger partial charge in [-0.3, -0.25) is 9.69 Å². The third-order valence-electron chi connectivity index (χ3n) is 5.40. The fraction of sp³-hybridized carbons (Fsp3) is 0.240. The van der Waals surface area contributed by atoms with Crippen LogP contribution < -0.4 is 4.74 Å². The molecule has 0 radical (unpaired) electrons. The summed E-state index contributed by atoms with van der Waals surface area (Å²) in [5.41, 5.74) is 2.81. The summed E-state index contributed by atoms with van der Waals surface area (Å²) >= 11 is 9.71. The number of hydrogen-bond donors (Lipinski definition) is 0. The molecule has 0 N–H and O–H groups in total. The maximum absolute atomic E-state index is 13.0. The van der Waals surface area contributed by atoms with E-state index in [-0.39, 0.29) is 5.91 Å². The van der Waals surface area contributed by atoms with Crippen molar-refractivity contribution >= 4 is 33.4 Å². The lowest BCUT2D eigenvalue weighted by Crippen LogP contribution is -2.48. The van der Waals surface area contributed by atoms with Crippen molar-refractivity contribution in [1.82, 2.24) is 9.80 Å². The zero-order chi connectivity index (χ0) is 21.6. The molecule has 1 fully saturated rings. The molecule has 3 aromatic carbocycles. The lowest BCUT2D eigenvalue weighted by Gasteiger charge is -2.35. The molecule has 0 aromatic heterocycles. The van der Waals surface area contributed by atoms with Crippen molar-refractivity contribution in [2.24, 2.45) is 0 Å². The van der Waals surface area contributed by atoms with Crippen molar-refractivity contribution in [2.45, 2.75) is 13.2 Å². The number of carbonyl (C=O) groups excluding carboxylic acids is 1. The van der Waals surface area contributed by atoms with Crippen LogP contribution in [0.1, 0.15) is 21.5 Å². The molecular weight excluding hydrogens is 476 g/mol. The molecule has 0 aliphatic carbocycles. The summed E-state index contributed by atoms with van der Waals surface area (Å²) in [4.78, 5) is 17.3. The molecule has 1 aliphatic rings. The Morgan fingerprint density at radius 3 is 2.42 bits per heavy atom. The van der Waals surface area contributed by atoms with E-state index in [2.05, 4.69) is 26.9 Å². The Labute approximate surface area is 196 Å². The van der Waals surface area contributed by atoms with E-state index in [1.54, 1.807) is 0 Å². The Hall–Kier alpha value is -2.34. The minimum Gasteiger partial charge on any atom is -0.489 e. The lowest BCUT2D eigenvalue weighted by molar-refractivity contribution is 0.0628. The highest BCUT2D eigenvalue weighted by molar-refractivity contribution is 9.10. The van der Waals surface area contributed by atoms with Gasteiger partial charge in [0.25, 0.3) is 5.91 Å². The summed E-state index contributed by atoms with van der Waals surface area (Å²) in [5.74, 6) is 0.873. The van der Waals surface area contributed by atoms with Gasteiger partial charge in [0, 0.05) is 47.8 Å². The van der Waals surface area contributed by atoms with Gasteiger partial charge in [-0.1, -0.05) is 57.9 Å². The molecule has 1 saturated heterocycles. The van der Waals surface area contributed by atoms with Gasteiger partial charge in [0.1, 0.15) is 12.4 Å². The normalized spacial score (nSPS) is 14.5. The smallest absolute Gasteiger partial charge is 0.253 e. The number of amides is 1. The maximum atomic E-state index is 13.0. The second kappa shape index (κ2) is 10.3. The van der Waals surface area contributed by atoms with E-state index in [1.165, 1.54) is 0 Å². The zero-order valence-corrected chi connectivity index (χ0v) is 19.5. The van der Waals surface area contributed by atoms with Gasteiger partial charge in [0.15, 0.2) is 0 Å². The summed E-state index contributed by atoms with van der Waals surface area (Å²) in [7, 11) is 0. The summed E-state index contributed by atoms with van der Waals surface area (Å²) in [5, 5.41) is 0.795. The molecule has 6 heteroatoms. The summed E-state index contributed by atoms with van der Waals surface area (Å²) in [6, 6.07) is 23.4. The summed E-state index contributed by atoms with van der Waals surface area (Å²) < 4.78 is 6.86. The van der Waals surface area contributed by atoms with Gasteiger partial charge in [0.05, 0.1) is 0 Å². The molecule has 0 unspecified atom stereocenters. The molecule has 0 bridgehead atoms. The van der Waals surface area contributed by atoms with Gasteiger partial charge in [-0.05, 0) is 53.6 Å². The molecule has 0 spiro atoms. The van der Waals surface area contributed by atoms with Crippen LogP contribution in [-0.2, 0) is 13.2 Å². The van der Waals surface area contributed by atoms with Crippen LogP contribution in [0.2, 0.25) is 5.02 Å². The molecule has 1 aliphatic heterocycles. The maximum Gasteiger partial charge on any atom is 0.253 e. The van der Waals surface area contributed by atoms with Gasteiger partial charge < -0.3 is 9.64 Å². The molecule has 0 atom stereocenters. The van der Waals surface area contributed by atoms with E-state index in [0.717, 1.165) is 46.0 Å². The minimum atomic E-state index is 0.0721. The van der Waals surface area contributed by atoms with E-state index in [0.29, 0.717) is 25.3 Å². The second-order valence-electron chi connectivity index (χ2n) is 7.60. The molecule has 4 rings (SSSR count). The van der Waals surface area contributed by atoms with Crippen LogP contribution >= 0.6 is 27.5 Å². The average Bonchev–Trinajstić information content (AvgIpc) is 2.80. The van der Waals surface area contributed by atoms with E-state index in [1.807, 2.05) is 71.6 Å². The standard InChI is InChI=1S/C25H24BrClN2O2/c26-22-8-10-23(11-9-22)31-18-19-4-3-6-20(16-19)25(30)29-14-12-28(13-15-29)17-21-5-1-2-7-24(21)27/h1-11,16H,12-15,17-18H2. The zero-order valence-electron chi connectivity index (χ0n) is 17.1. The molecule has 31 heavy (non-hydrogen) atoms. The predicted octanol–water partition coefficient (Wildman–Crippen LogP) is 5.64. The predicted molar refractivity (Wildman–Crippen MR) is 128 cm³/mol. The Morgan fingerprint density at radius 1 is 0.935 bits per heavy atom. The topological polar surface area (TPSA) is 32.8 Å². The number of ether oxygens (including phenoxy) is 1. The fourth-order valence-corrected chi connectivity index (χ4v) is 4.11. The van der Waals surface area contributed by atoms with Crippen molar-refractivity contribution in [3.63, 3.8) is 0 Å². The Kier molecular flexibility index (Phi) is 7.28. The molecule has 0 saturated carbocycles. The van der Waals surface area contributed by atoms with E-state index < -0.39 is 0 Å². The largest absolute Gasteiger partial charge is 0.489 e. The van der Waals surface area contributed by atoms with E-state index in [4.69, 9.17) is 16.3 Å². The number of hydrogen-bond acceptors (Lipinski definition) is 3. The van der Waals surface area contributed by atoms with Crippen molar-refractivity contribution in [2.75, 3.05) is 26.2 Å². The highest BCUT2D eigenvalue weighted by Gasteiger charge is 2.22.